The van der Waals surface area contributed by atoms with E-state index in [1.54, 1.807) is 0 Å². The number of aromatic nitrogens is 2. The zero-order chi connectivity index (χ0) is 10.3. The third kappa shape index (κ3) is 2.22. The van der Waals surface area contributed by atoms with E-state index in [-0.39, 0.29) is 24.8 Å². The van der Waals surface area contributed by atoms with E-state index in [2.05, 4.69) is 27.6 Å². The zero-order valence-corrected chi connectivity index (χ0v) is 10.7. The molecule has 0 unspecified atom stereocenters. The van der Waals surface area contributed by atoms with Gasteiger partial charge in [0.2, 0.25) is 0 Å². The molecule has 17 heavy (non-hydrogen) atoms. The number of nitrogens with two attached hydrogens (primary N) is 1. The fourth-order valence-electron chi connectivity index (χ4n) is 1.87. The molecular weight excluding hydrogens is 257 g/mol. The van der Waals surface area contributed by atoms with Gasteiger partial charge in [-0.25, -0.2) is 4.98 Å². The molecule has 0 atom stereocenters. The molecule has 0 spiro atoms. The van der Waals surface area contributed by atoms with Crippen LogP contribution in [0.4, 0.5) is 0 Å². The molecule has 3 nitrogen and oxygen atoms in total. The monoisotopic (exact) mass is 269 g/mol. The smallest absolute Gasteiger partial charge is 0.137 e. The fraction of sp³-hybridized carbons (Fsp3) is 0.0833. The Morgan fingerprint density at radius 3 is 2.59 bits per heavy atom. The van der Waals surface area contributed by atoms with E-state index in [4.69, 9.17) is 5.73 Å². The second kappa shape index (κ2) is 5.36. The van der Waals surface area contributed by atoms with Crippen LogP contribution in [0, 0.1) is 0 Å². The van der Waals surface area contributed by atoms with Crippen molar-refractivity contribution in [2.75, 3.05) is 0 Å². The van der Waals surface area contributed by atoms with Crippen LogP contribution in [0.15, 0.2) is 42.6 Å². The lowest BCUT2D eigenvalue weighted by Gasteiger charge is -1.99. The molecule has 0 aliphatic heterocycles. The van der Waals surface area contributed by atoms with Crippen LogP contribution >= 0.6 is 24.8 Å². The molecule has 0 saturated heterocycles. The third-order valence-electron chi connectivity index (χ3n) is 2.60. The second-order valence-electron chi connectivity index (χ2n) is 3.56. The van der Waals surface area contributed by atoms with E-state index in [0.29, 0.717) is 6.54 Å². The van der Waals surface area contributed by atoms with Crippen molar-refractivity contribution in [3.63, 3.8) is 0 Å². The number of halogens is 2. The number of benzene rings is 1. The van der Waals surface area contributed by atoms with E-state index in [9.17, 15) is 0 Å². The summed E-state index contributed by atoms with van der Waals surface area (Å²) in [6.07, 6.45) is 2.00. The van der Waals surface area contributed by atoms with E-state index in [1.165, 1.54) is 10.9 Å². The fourth-order valence-corrected chi connectivity index (χ4v) is 1.87. The van der Waals surface area contributed by atoms with Crippen LogP contribution in [0.5, 0.6) is 0 Å². The highest BCUT2D eigenvalue weighted by atomic mass is 35.5. The Morgan fingerprint density at radius 2 is 1.82 bits per heavy atom. The first-order valence-corrected chi connectivity index (χ1v) is 4.94. The summed E-state index contributed by atoms with van der Waals surface area (Å²) >= 11 is 0. The Hall–Kier alpha value is -1.29. The number of hydrogen-bond donors (Lipinski definition) is 1. The van der Waals surface area contributed by atoms with Crippen LogP contribution in [0.25, 0.3) is 16.6 Å². The van der Waals surface area contributed by atoms with Crippen molar-refractivity contribution in [3.8, 4) is 0 Å². The molecule has 0 radical (unpaired) electrons. The van der Waals surface area contributed by atoms with Gasteiger partial charge in [-0.1, -0.05) is 18.2 Å². The molecule has 1 aromatic carbocycles. The first-order chi connectivity index (χ1) is 7.38. The Kier molecular flexibility index (Phi) is 4.34. The van der Waals surface area contributed by atoms with E-state index in [0.717, 1.165) is 11.3 Å². The largest absolute Gasteiger partial charge is 0.325 e. The molecule has 0 aliphatic rings. The minimum Gasteiger partial charge on any atom is -0.325 e. The van der Waals surface area contributed by atoms with Gasteiger partial charge in [0.05, 0.1) is 11.2 Å². The topological polar surface area (TPSA) is 43.3 Å². The summed E-state index contributed by atoms with van der Waals surface area (Å²) in [5.74, 6) is 0. The van der Waals surface area contributed by atoms with E-state index < -0.39 is 0 Å². The number of para-hydroxylation sites is 1. The first kappa shape index (κ1) is 13.8. The quantitative estimate of drug-likeness (QED) is 0.738. The van der Waals surface area contributed by atoms with Gasteiger partial charge in [0.15, 0.2) is 0 Å². The van der Waals surface area contributed by atoms with Crippen LogP contribution in [0.3, 0.4) is 0 Å². The molecule has 0 amide bonds. The first-order valence-electron chi connectivity index (χ1n) is 4.94. The van der Waals surface area contributed by atoms with Crippen LogP contribution in [0.1, 0.15) is 5.69 Å². The minimum absolute atomic E-state index is 0. The van der Waals surface area contributed by atoms with E-state index >= 15 is 0 Å². The summed E-state index contributed by atoms with van der Waals surface area (Å²) in [6.45, 7) is 0.482. The lowest BCUT2D eigenvalue weighted by atomic mass is 10.2. The summed E-state index contributed by atoms with van der Waals surface area (Å²) in [4.78, 5) is 4.42. The Labute approximate surface area is 111 Å². The van der Waals surface area contributed by atoms with Crippen molar-refractivity contribution >= 4 is 41.4 Å². The highest BCUT2D eigenvalue weighted by molar-refractivity contribution is 5.85. The molecule has 0 aliphatic carbocycles. The highest BCUT2D eigenvalue weighted by Crippen LogP contribution is 2.16. The summed E-state index contributed by atoms with van der Waals surface area (Å²) in [5, 5.41) is 1.21. The lowest BCUT2D eigenvalue weighted by Crippen LogP contribution is -1.95. The number of pyridine rings is 1. The Balaban J connectivity index is 0.000000722. The molecule has 0 fully saturated rings. The Bertz CT molecular complexity index is 634. The minimum atomic E-state index is 0. The van der Waals surface area contributed by atoms with Crippen molar-refractivity contribution in [2.45, 2.75) is 6.54 Å². The van der Waals surface area contributed by atoms with Crippen LogP contribution in [-0.2, 0) is 6.54 Å². The number of fused-ring (bicyclic) bond motifs is 3. The van der Waals surface area contributed by atoms with Gasteiger partial charge in [0.25, 0.3) is 0 Å². The SMILES string of the molecule is Cl.Cl.NCc1cn2c(ccc3ccccc32)n1. The van der Waals surface area contributed by atoms with Crippen molar-refractivity contribution in [1.29, 1.82) is 0 Å². The molecule has 2 heterocycles. The summed E-state index contributed by atoms with van der Waals surface area (Å²) in [5.41, 5.74) is 8.63. The normalized spacial score (nSPS) is 9.94. The summed E-state index contributed by atoms with van der Waals surface area (Å²) < 4.78 is 2.08. The maximum atomic E-state index is 5.58. The third-order valence-corrected chi connectivity index (χ3v) is 2.60. The molecule has 90 valence electrons. The second-order valence-corrected chi connectivity index (χ2v) is 3.56. The standard InChI is InChI=1S/C12H11N3.2ClH/c13-7-10-8-15-11-4-2-1-3-9(11)5-6-12(15)14-10;;/h1-6,8H,7,13H2;2*1H. The highest BCUT2D eigenvalue weighted by Gasteiger charge is 2.02. The van der Waals surface area contributed by atoms with Crippen LogP contribution in [0.2, 0.25) is 0 Å². The predicted molar refractivity (Wildman–Crippen MR) is 75.1 cm³/mol. The van der Waals surface area contributed by atoms with Gasteiger partial charge < -0.3 is 5.73 Å². The van der Waals surface area contributed by atoms with Crippen molar-refractivity contribution < 1.29 is 0 Å². The van der Waals surface area contributed by atoms with Gasteiger partial charge in [-0.3, -0.25) is 4.40 Å². The van der Waals surface area contributed by atoms with Crippen molar-refractivity contribution in [1.82, 2.24) is 9.38 Å². The maximum absolute atomic E-state index is 5.58. The van der Waals surface area contributed by atoms with Gasteiger partial charge >= 0.3 is 0 Å². The molecule has 0 bridgehead atoms. The predicted octanol–water partition coefficient (Wildman–Crippen LogP) is 2.79. The zero-order valence-electron chi connectivity index (χ0n) is 9.04. The number of hydrogen-bond acceptors (Lipinski definition) is 2. The van der Waals surface area contributed by atoms with E-state index in [1.807, 2.05) is 24.4 Å². The van der Waals surface area contributed by atoms with Gasteiger partial charge in [-0.15, -0.1) is 24.8 Å². The van der Waals surface area contributed by atoms with Gasteiger partial charge in [0, 0.05) is 12.7 Å². The van der Waals surface area contributed by atoms with Crippen LogP contribution < -0.4 is 5.73 Å². The van der Waals surface area contributed by atoms with Gasteiger partial charge in [-0.05, 0) is 23.6 Å². The molecule has 5 heteroatoms. The summed E-state index contributed by atoms with van der Waals surface area (Å²) in [7, 11) is 0. The summed E-state index contributed by atoms with van der Waals surface area (Å²) in [6, 6.07) is 12.3. The number of nitrogens with zero attached hydrogens (tertiary/aromatic N) is 2. The van der Waals surface area contributed by atoms with Crippen molar-refractivity contribution in [2.24, 2.45) is 5.73 Å². The number of imidazole rings is 1. The molecule has 2 aromatic heterocycles. The lowest BCUT2D eigenvalue weighted by molar-refractivity contribution is 1.02. The van der Waals surface area contributed by atoms with Crippen LogP contribution in [-0.4, -0.2) is 9.38 Å². The van der Waals surface area contributed by atoms with Gasteiger partial charge in [-0.2, -0.15) is 0 Å². The molecule has 0 saturated carbocycles. The van der Waals surface area contributed by atoms with Crippen molar-refractivity contribution in [3.05, 3.63) is 48.3 Å². The molecule has 3 aromatic rings. The molecule has 3 rings (SSSR count). The average Bonchev–Trinajstić information content (AvgIpc) is 2.72. The Morgan fingerprint density at radius 1 is 1.06 bits per heavy atom. The average molecular weight is 270 g/mol. The maximum Gasteiger partial charge on any atom is 0.137 e. The van der Waals surface area contributed by atoms with Gasteiger partial charge in [0.1, 0.15) is 5.65 Å². The molecule has 2 N–H and O–H groups in total. The molecular formula is C12H13Cl2N3. The number of rotatable bonds is 1.